The summed E-state index contributed by atoms with van der Waals surface area (Å²) in [7, 11) is 1.63. The monoisotopic (exact) mass is 374 g/mol. The summed E-state index contributed by atoms with van der Waals surface area (Å²) in [5.41, 5.74) is 3.54. The third kappa shape index (κ3) is 3.46. The quantitative estimate of drug-likeness (QED) is 0.536. The van der Waals surface area contributed by atoms with Crippen molar-refractivity contribution < 1.29 is 9.53 Å². The molecule has 0 saturated carbocycles. The fourth-order valence-electron chi connectivity index (χ4n) is 3.29. The van der Waals surface area contributed by atoms with E-state index in [4.69, 9.17) is 4.74 Å². The molecule has 142 valence electrons. The van der Waals surface area contributed by atoms with Crippen LogP contribution in [-0.2, 0) is 4.74 Å². The third-order valence-corrected chi connectivity index (χ3v) is 4.86. The number of H-pyrrole nitrogens is 1. The Balaban J connectivity index is 1.70. The number of amides is 1. The summed E-state index contributed by atoms with van der Waals surface area (Å²) in [6.07, 6.45) is 0.788. The molecule has 0 fully saturated rings. The fraction of sp³-hybridized carbons (Fsp3) is 0.227. The largest absolute Gasteiger partial charge is 0.383 e. The summed E-state index contributed by atoms with van der Waals surface area (Å²) >= 11 is 0. The van der Waals surface area contributed by atoms with Gasteiger partial charge in [-0.15, -0.1) is 0 Å². The predicted molar refractivity (Wildman–Crippen MR) is 110 cm³/mol. The molecule has 0 spiro atoms. The van der Waals surface area contributed by atoms with Gasteiger partial charge in [0.1, 0.15) is 16.9 Å². The van der Waals surface area contributed by atoms with Crippen molar-refractivity contribution in [1.29, 1.82) is 0 Å². The molecule has 28 heavy (non-hydrogen) atoms. The van der Waals surface area contributed by atoms with Crippen LogP contribution in [0.3, 0.4) is 0 Å². The number of nitrogens with zero attached hydrogens (tertiary/aromatic N) is 2. The molecule has 2 N–H and O–H groups in total. The molecule has 6 nitrogen and oxygen atoms in total. The van der Waals surface area contributed by atoms with Crippen LogP contribution in [0.1, 0.15) is 23.8 Å². The van der Waals surface area contributed by atoms with Gasteiger partial charge in [-0.1, -0.05) is 43.3 Å². The molecule has 2 heterocycles. The van der Waals surface area contributed by atoms with Gasteiger partial charge < -0.3 is 10.1 Å². The van der Waals surface area contributed by atoms with Crippen molar-refractivity contribution >= 4 is 27.7 Å². The molecule has 0 bridgehead atoms. The van der Waals surface area contributed by atoms with Crippen molar-refractivity contribution in [1.82, 2.24) is 20.5 Å². The number of carbonyl (C=O) groups excluding carboxylic acids is 1. The fourth-order valence-corrected chi connectivity index (χ4v) is 3.29. The normalized spacial score (nSPS) is 12.4. The van der Waals surface area contributed by atoms with Crippen LogP contribution < -0.4 is 5.32 Å². The number of fused-ring (bicyclic) bond motifs is 2. The lowest BCUT2D eigenvalue weighted by molar-refractivity contribution is 0.0890. The van der Waals surface area contributed by atoms with Crippen molar-refractivity contribution in [2.75, 3.05) is 13.7 Å². The Labute approximate surface area is 162 Å². The zero-order chi connectivity index (χ0) is 19.5. The lowest BCUT2D eigenvalue weighted by atomic mass is 10.0. The van der Waals surface area contributed by atoms with E-state index in [0.717, 1.165) is 28.6 Å². The van der Waals surface area contributed by atoms with Gasteiger partial charge in [-0.25, -0.2) is 4.98 Å². The number of hydrogen-bond donors (Lipinski definition) is 2. The average molecular weight is 374 g/mol. The molecule has 1 atom stereocenters. The molecule has 0 aliphatic carbocycles. The van der Waals surface area contributed by atoms with Crippen molar-refractivity contribution in [2.45, 2.75) is 19.4 Å². The molecular weight excluding hydrogens is 352 g/mol. The van der Waals surface area contributed by atoms with E-state index in [-0.39, 0.29) is 11.9 Å². The van der Waals surface area contributed by atoms with Crippen LogP contribution >= 0.6 is 0 Å². The highest BCUT2D eigenvalue weighted by Crippen LogP contribution is 2.28. The number of ether oxygens (including phenoxy) is 1. The summed E-state index contributed by atoms with van der Waals surface area (Å²) in [5, 5.41) is 12.7. The zero-order valence-corrected chi connectivity index (χ0v) is 15.9. The van der Waals surface area contributed by atoms with Crippen LogP contribution in [0.5, 0.6) is 0 Å². The van der Waals surface area contributed by atoms with Crippen LogP contribution in [0.2, 0.25) is 0 Å². The number of benzene rings is 2. The molecule has 1 unspecified atom stereocenters. The van der Waals surface area contributed by atoms with E-state index >= 15 is 0 Å². The molecule has 1 amide bonds. The van der Waals surface area contributed by atoms with Crippen molar-refractivity contribution in [2.24, 2.45) is 0 Å². The van der Waals surface area contributed by atoms with Gasteiger partial charge in [0.2, 0.25) is 0 Å². The molecule has 0 saturated heterocycles. The summed E-state index contributed by atoms with van der Waals surface area (Å²) in [6, 6.07) is 17.9. The van der Waals surface area contributed by atoms with Gasteiger partial charge in [-0.3, -0.25) is 9.89 Å². The Morgan fingerprint density at radius 2 is 1.96 bits per heavy atom. The number of hydrogen-bond acceptors (Lipinski definition) is 4. The Hall–Kier alpha value is -3.25. The highest BCUT2D eigenvalue weighted by atomic mass is 16.5. The summed E-state index contributed by atoms with van der Waals surface area (Å²) in [4.78, 5) is 17.2. The lowest BCUT2D eigenvalue weighted by Crippen LogP contribution is -2.37. The van der Waals surface area contributed by atoms with E-state index in [2.05, 4.69) is 44.8 Å². The molecule has 4 aromatic rings. The second-order valence-electron chi connectivity index (χ2n) is 6.76. The molecule has 0 aliphatic rings. The Kier molecular flexibility index (Phi) is 5.04. The van der Waals surface area contributed by atoms with E-state index in [1.165, 1.54) is 5.39 Å². The van der Waals surface area contributed by atoms with E-state index in [9.17, 15) is 4.79 Å². The summed E-state index contributed by atoms with van der Waals surface area (Å²) in [5.74, 6) is -0.212. The molecule has 2 aromatic heterocycles. The van der Waals surface area contributed by atoms with Gasteiger partial charge in [0.15, 0.2) is 0 Å². The van der Waals surface area contributed by atoms with E-state index in [0.29, 0.717) is 17.8 Å². The smallest absolute Gasteiger partial charge is 0.270 e. The van der Waals surface area contributed by atoms with Crippen molar-refractivity contribution in [3.05, 3.63) is 60.3 Å². The van der Waals surface area contributed by atoms with Gasteiger partial charge in [0.05, 0.1) is 18.2 Å². The maximum atomic E-state index is 12.6. The van der Waals surface area contributed by atoms with Crippen LogP contribution in [0.4, 0.5) is 0 Å². The first kappa shape index (κ1) is 18.1. The zero-order valence-electron chi connectivity index (χ0n) is 15.9. The standard InChI is InChI=1S/C22H22N4O2/c1-3-17(13-28-2)23-22(27)19-11-10-18-21(24-19)20(26-25-18)16-9-8-14-6-4-5-7-15(14)12-16/h4-12,17H,3,13H2,1-2H3,(H,23,27)(H,25,26). The second kappa shape index (κ2) is 7.78. The van der Waals surface area contributed by atoms with E-state index in [1.807, 2.05) is 31.2 Å². The Bertz CT molecular complexity index is 1140. The SMILES string of the molecule is CCC(COC)NC(=O)c1ccc2[nH]nc(-c3ccc4ccccc4c3)c2n1. The number of nitrogens with one attached hydrogen (secondary N) is 2. The minimum absolute atomic E-state index is 0.0423. The maximum absolute atomic E-state index is 12.6. The number of pyridine rings is 1. The number of carbonyl (C=O) groups is 1. The minimum atomic E-state index is -0.212. The first-order chi connectivity index (χ1) is 13.7. The number of aromatic nitrogens is 3. The van der Waals surface area contributed by atoms with Gasteiger partial charge in [0.25, 0.3) is 5.91 Å². The molecular formula is C22H22N4O2. The van der Waals surface area contributed by atoms with E-state index in [1.54, 1.807) is 13.2 Å². The Morgan fingerprint density at radius 3 is 2.75 bits per heavy atom. The maximum Gasteiger partial charge on any atom is 0.270 e. The Morgan fingerprint density at radius 1 is 1.14 bits per heavy atom. The summed E-state index contributed by atoms with van der Waals surface area (Å²) in [6.45, 7) is 2.48. The molecule has 0 radical (unpaired) electrons. The number of rotatable bonds is 6. The molecule has 4 rings (SSSR count). The topological polar surface area (TPSA) is 79.9 Å². The third-order valence-electron chi connectivity index (χ3n) is 4.86. The van der Waals surface area contributed by atoms with Crippen LogP contribution in [-0.4, -0.2) is 40.8 Å². The molecule has 6 heteroatoms. The average Bonchev–Trinajstić information content (AvgIpc) is 3.16. The highest BCUT2D eigenvalue weighted by Gasteiger charge is 2.16. The highest BCUT2D eigenvalue weighted by molar-refractivity contribution is 5.98. The lowest BCUT2D eigenvalue weighted by Gasteiger charge is -2.15. The predicted octanol–water partition coefficient (Wildman–Crippen LogP) is 3.93. The molecule has 0 aliphatic heterocycles. The van der Waals surface area contributed by atoms with Crippen LogP contribution in [0, 0.1) is 0 Å². The van der Waals surface area contributed by atoms with Gasteiger partial charge in [-0.05, 0) is 35.4 Å². The number of aromatic amines is 1. The first-order valence-electron chi connectivity index (χ1n) is 9.33. The second-order valence-corrected chi connectivity index (χ2v) is 6.76. The van der Waals surface area contributed by atoms with Crippen LogP contribution in [0.25, 0.3) is 33.1 Å². The first-order valence-corrected chi connectivity index (χ1v) is 9.33. The van der Waals surface area contributed by atoms with Crippen molar-refractivity contribution in [3.63, 3.8) is 0 Å². The summed E-state index contributed by atoms with van der Waals surface area (Å²) < 4.78 is 5.15. The van der Waals surface area contributed by atoms with Gasteiger partial charge in [-0.2, -0.15) is 5.10 Å². The molecule has 2 aromatic carbocycles. The van der Waals surface area contributed by atoms with Crippen molar-refractivity contribution in [3.8, 4) is 11.3 Å². The van der Waals surface area contributed by atoms with Gasteiger partial charge >= 0.3 is 0 Å². The van der Waals surface area contributed by atoms with E-state index < -0.39 is 0 Å². The van der Waals surface area contributed by atoms with Gasteiger partial charge in [0, 0.05) is 12.7 Å². The number of methoxy groups -OCH3 is 1. The minimum Gasteiger partial charge on any atom is -0.383 e. The van der Waals surface area contributed by atoms with Crippen LogP contribution in [0.15, 0.2) is 54.6 Å².